The van der Waals surface area contributed by atoms with Crippen molar-refractivity contribution in [1.29, 1.82) is 0 Å². The van der Waals surface area contributed by atoms with E-state index in [-0.39, 0.29) is 24.0 Å². The molecule has 0 bridgehead atoms. The SMILES string of the molecule is Cc1cc(C(NC(=O)C2CC(C)OC2C)C(=O)O)ccc1F. The van der Waals surface area contributed by atoms with Gasteiger partial charge in [-0.3, -0.25) is 4.79 Å². The zero-order valence-corrected chi connectivity index (χ0v) is 12.8. The molecule has 0 saturated carbocycles. The summed E-state index contributed by atoms with van der Waals surface area (Å²) in [5.74, 6) is -2.32. The Morgan fingerprint density at radius 1 is 1.41 bits per heavy atom. The maximum absolute atomic E-state index is 13.3. The van der Waals surface area contributed by atoms with Crippen LogP contribution in [0.1, 0.15) is 37.4 Å². The van der Waals surface area contributed by atoms with Crippen molar-refractivity contribution in [2.45, 2.75) is 45.4 Å². The van der Waals surface area contributed by atoms with E-state index < -0.39 is 17.8 Å². The van der Waals surface area contributed by atoms with Gasteiger partial charge in [-0.15, -0.1) is 0 Å². The van der Waals surface area contributed by atoms with Gasteiger partial charge in [0.15, 0.2) is 6.04 Å². The highest BCUT2D eigenvalue weighted by molar-refractivity contribution is 5.86. The third-order valence-corrected chi connectivity index (χ3v) is 3.99. The van der Waals surface area contributed by atoms with Crippen LogP contribution in [0.4, 0.5) is 4.39 Å². The molecule has 0 spiro atoms. The first-order valence-corrected chi connectivity index (χ1v) is 7.24. The summed E-state index contributed by atoms with van der Waals surface area (Å²) in [6, 6.07) is 2.82. The molecule has 1 aromatic rings. The first kappa shape index (κ1) is 16.4. The van der Waals surface area contributed by atoms with Gasteiger partial charge in [-0.2, -0.15) is 0 Å². The van der Waals surface area contributed by atoms with E-state index >= 15 is 0 Å². The van der Waals surface area contributed by atoms with Crippen molar-refractivity contribution < 1.29 is 23.8 Å². The Bertz CT molecular complexity index is 590. The van der Waals surface area contributed by atoms with Gasteiger partial charge in [-0.1, -0.05) is 12.1 Å². The van der Waals surface area contributed by atoms with Gasteiger partial charge in [0.05, 0.1) is 18.1 Å². The molecule has 1 heterocycles. The van der Waals surface area contributed by atoms with E-state index in [1.807, 2.05) is 6.92 Å². The molecule has 120 valence electrons. The second kappa shape index (κ2) is 6.44. The summed E-state index contributed by atoms with van der Waals surface area (Å²) in [7, 11) is 0. The van der Waals surface area contributed by atoms with Crippen LogP contribution in [0, 0.1) is 18.7 Å². The molecular formula is C16H20FNO4. The lowest BCUT2D eigenvalue weighted by molar-refractivity contribution is -0.143. The molecule has 1 aliphatic rings. The second-order valence-corrected chi connectivity index (χ2v) is 5.78. The average molecular weight is 309 g/mol. The van der Waals surface area contributed by atoms with Crippen LogP contribution >= 0.6 is 0 Å². The molecule has 1 saturated heterocycles. The predicted octanol–water partition coefficient (Wildman–Crippen LogP) is 2.19. The summed E-state index contributed by atoms with van der Waals surface area (Å²) >= 11 is 0. The Labute approximate surface area is 128 Å². The molecule has 2 N–H and O–H groups in total. The van der Waals surface area contributed by atoms with Gasteiger partial charge in [-0.25, -0.2) is 9.18 Å². The number of carboxylic acids is 1. The lowest BCUT2D eigenvalue weighted by atomic mass is 9.98. The van der Waals surface area contributed by atoms with Crippen molar-refractivity contribution in [2.75, 3.05) is 0 Å². The van der Waals surface area contributed by atoms with E-state index in [1.165, 1.54) is 18.2 Å². The predicted molar refractivity (Wildman–Crippen MR) is 77.8 cm³/mol. The Morgan fingerprint density at radius 2 is 2.09 bits per heavy atom. The fourth-order valence-corrected chi connectivity index (χ4v) is 2.77. The number of carboxylic acid groups (broad SMARTS) is 1. The van der Waals surface area contributed by atoms with E-state index in [0.29, 0.717) is 17.5 Å². The third kappa shape index (κ3) is 3.44. The summed E-state index contributed by atoms with van der Waals surface area (Å²) in [6.45, 7) is 5.22. The third-order valence-electron chi connectivity index (χ3n) is 3.99. The molecule has 0 radical (unpaired) electrons. The molecule has 1 amide bonds. The number of halogens is 1. The van der Waals surface area contributed by atoms with Gasteiger partial charge in [0, 0.05) is 0 Å². The first-order valence-electron chi connectivity index (χ1n) is 7.24. The molecule has 0 aliphatic carbocycles. The summed E-state index contributed by atoms with van der Waals surface area (Å²) in [5.41, 5.74) is 0.684. The van der Waals surface area contributed by atoms with E-state index in [1.54, 1.807) is 13.8 Å². The Hall–Kier alpha value is -1.95. The summed E-state index contributed by atoms with van der Waals surface area (Å²) < 4.78 is 18.8. The zero-order valence-electron chi connectivity index (χ0n) is 12.8. The molecule has 0 aromatic heterocycles. The van der Waals surface area contributed by atoms with Crippen molar-refractivity contribution in [3.8, 4) is 0 Å². The van der Waals surface area contributed by atoms with Crippen molar-refractivity contribution in [1.82, 2.24) is 5.32 Å². The molecular weight excluding hydrogens is 289 g/mol. The molecule has 4 atom stereocenters. The van der Waals surface area contributed by atoms with Gasteiger partial charge in [0.1, 0.15) is 5.82 Å². The Balaban J connectivity index is 2.17. The van der Waals surface area contributed by atoms with Gasteiger partial charge in [0.2, 0.25) is 5.91 Å². The highest BCUT2D eigenvalue weighted by atomic mass is 19.1. The normalized spacial score (nSPS) is 25.7. The van der Waals surface area contributed by atoms with E-state index in [0.717, 1.165) is 0 Å². The van der Waals surface area contributed by atoms with Crippen LogP contribution < -0.4 is 5.32 Å². The number of carbonyl (C=O) groups excluding carboxylic acids is 1. The number of aryl methyl sites for hydroxylation is 1. The smallest absolute Gasteiger partial charge is 0.330 e. The van der Waals surface area contributed by atoms with Crippen LogP contribution in [0.15, 0.2) is 18.2 Å². The molecule has 2 rings (SSSR count). The highest BCUT2D eigenvalue weighted by Gasteiger charge is 2.36. The molecule has 22 heavy (non-hydrogen) atoms. The van der Waals surface area contributed by atoms with E-state index in [2.05, 4.69) is 5.32 Å². The van der Waals surface area contributed by atoms with Crippen molar-refractivity contribution in [3.05, 3.63) is 35.1 Å². The Kier molecular flexibility index (Phi) is 4.81. The number of hydrogen-bond acceptors (Lipinski definition) is 3. The lowest BCUT2D eigenvalue weighted by Gasteiger charge is -2.19. The zero-order chi connectivity index (χ0) is 16.4. The van der Waals surface area contributed by atoms with Crippen LogP contribution in [-0.2, 0) is 14.3 Å². The second-order valence-electron chi connectivity index (χ2n) is 5.78. The average Bonchev–Trinajstić information content (AvgIpc) is 2.78. The fourth-order valence-electron chi connectivity index (χ4n) is 2.77. The number of rotatable bonds is 4. The van der Waals surface area contributed by atoms with E-state index in [4.69, 9.17) is 4.74 Å². The molecule has 1 aromatic carbocycles. The number of aliphatic carboxylic acids is 1. The Morgan fingerprint density at radius 3 is 2.59 bits per heavy atom. The van der Waals surface area contributed by atoms with Crippen molar-refractivity contribution in [2.24, 2.45) is 5.92 Å². The fraction of sp³-hybridized carbons (Fsp3) is 0.500. The van der Waals surface area contributed by atoms with Crippen LogP contribution in [0.5, 0.6) is 0 Å². The van der Waals surface area contributed by atoms with Crippen LogP contribution in [0.2, 0.25) is 0 Å². The number of nitrogens with one attached hydrogen (secondary N) is 1. The summed E-state index contributed by atoms with van der Waals surface area (Å²) in [6.07, 6.45) is 0.281. The number of benzene rings is 1. The van der Waals surface area contributed by atoms with Gasteiger partial charge in [-0.05, 0) is 44.4 Å². The van der Waals surface area contributed by atoms with Crippen LogP contribution in [0.25, 0.3) is 0 Å². The minimum Gasteiger partial charge on any atom is -0.479 e. The minimum atomic E-state index is -1.20. The first-order chi connectivity index (χ1) is 10.3. The monoisotopic (exact) mass is 309 g/mol. The van der Waals surface area contributed by atoms with Gasteiger partial charge >= 0.3 is 5.97 Å². The number of amides is 1. The highest BCUT2D eigenvalue weighted by Crippen LogP contribution is 2.27. The molecule has 5 nitrogen and oxygen atoms in total. The standard InChI is InChI=1S/C16H20FNO4/c1-8-6-11(4-5-13(8)17)14(16(20)21)18-15(19)12-7-9(2)22-10(12)3/h4-6,9-10,12,14H,7H2,1-3H3,(H,18,19)(H,20,21). The maximum atomic E-state index is 13.3. The van der Waals surface area contributed by atoms with Crippen LogP contribution in [0.3, 0.4) is 0 Å². The van der Waals surface area contributed by atoms with Gasteiger partial charge in [0.25, 0.3) is 0 Å². The van der Waals surface area contributed by atoms with Crippen molar-refractivity contribution >= 4 is 11.9 Å². The number of hydrogen-bond donors (Lipinski definition) is 2. The summed E-state index contributed by atoms with van der Waals surface area (Å²) in [4.78, 5) is 23.8. The number of carbonyl (C=O) groups is 2. The summed E-state index contributed by atoms with van der Waals surface area (Å²) in [5, 5.41) is 11.9. The topological polar surface area (TPSA) is 75.6 Å². The molecule has 1 fully saturated rings. The van der Waals surface area contributed by atoms with Gasteiger partial charge < -0.3 is 15.2 Å². The molecule has 6 heteroatoms. The lowest BCUT2D eigenvalue weighted by Crippen LogP contribution is -2.39. The number of ether oxygens (including phenoxy) is 1. The van der Waals surface area contributed by atoms with Crippen molar-refractivity contribution in [3.63, 3.8) is 0 Å². The molecule has 1 aliphatic heterocycles. The van der Waals surface area contributed by atoms with E-state index in [9.17, 15) is 19.1 Å². The molecule has 4 unspecified atom stereocenters. The maximum Gasteiger partial charge on any atom is 0.330 e. The largest absolute Gasteiger partial charge is 0.479 e. The van der Waals surface area contributed by atoms with Crippen LogP contribution in [-0.4, -0.2) is 29.2 Å². The quantitative estimate of drug-likeness (QED) is 0.894. The minimum absolute atomic E-state index is 0.0258.